The molecule has 1 N–H and O–H groups in total. The van der Waals surface area contributed by atoms with E-state index in [-0.39, 0.29) is 0 Å². The van der Waals surface area contributed by atoms with Crippen molar-refractivity contribution in [2.75, 3.05) is 27.2 Å². The van der Waals surface area contributed by atoms with Crippen molar-refractivity contribution in [1.29, 1.82) is 0 Å². The molecule has 0 unspecified atom stereocenters. The Kier molecular flexibility index (Phi) is 5.12. The van der Waals surface area contributed by atoms with Crippen molar-refractivity contribution in [1.82, 2.24) is 9.62 Å². The molecule has 0 heterocycles. The smallest absolute Gasteiger partial charge is 0.233 e. The van der Waals surface area contributed by atoms with Gasteiger partial charge < -0.3 is 4.90 Å². The van der Waals surface area contributed by atoms with Crippen LogP contribution < -0.4 is 4.72 Å². The molecule has 0 atom stereocenters. The number of nitrogens with one attached hydrogen (secondary N) is 1. The summed E-state index contributed by atoms with van der Waals surface area (Å²) in [6.07, 6.45) is 1.61. The Morgan fingerprint density at radius 2 is 2.00 bits per heavy atom. The van der Waals surface area contributed by atoms with E-state index >= 15 is 0 Å². The molecule has 0 aromatic heterocycles. The van der Waals surface area contributed by atoms with Gasteiger partial charge in [0.1, 0.15) is 0 Å². The predicted molar refractivity (Wildman–Crippen MR) is 50.3 cm³/mol. The molecule has 0 aliphatic heterocycles. The fourth-order valence-electron chi connectivity index (χ4n) is 0.630. The van der Waals surface area contributed by atoms with Crippen LogP contribution in [-0.2, 0) is 10.0 Å². The standard InChI is InChI=1S/C7H16N2O2S/c1-4-8-12(10,11)7-5-6-9(2)3/h5,7-8H,4,6H2,1-3H3. The summed E-state index contributed by atoms with van der Waals surface area (Å²) < 4.78 is 24.4. The van der Waals surface area contributed by atoms with Crippen LogP contribution in [0.5, 0.6) is 0 Å². The molecule has 0 amide bonds. The first kappa shape index (κ1) is 11.6. The first-order chi connectivity index (χ1) is 5.48. The van der Waals surface area contributed by atoms with Crippen LogP contribution in [0.2, 0.25) is 0 Å². The minimum absolute atomic E-state index is 0.425. The zero-order valence-electron chi connectivity index (χ0n) is 7.74. The van der Waals surface area contributed by atoms with Gasteiger partial charge in [0.05, 0.1) is 0 Å². The van der Waals surface area contributed by atoms with Crippen LogP contribution in [0.1, 0.15) is 6.92 Å². The molecule has 0 fully saturated rings. The van der Waals surface area contributed by atoms with Gasteiger partial charge in [0.2, 0.25) is 10.0 Å². The summed E-state index contributed by atoms with van der Waals surface area (Å²) in [5, 5.41) is 1.19. The SMILES string of the molecule is CCNS(=O)(=O)C=CCN(C)C. The van der Waals surface area contributed by atoms with E-state index in [4.69, 9.17) is 0 Å². The lowest BCUT2D eigenvalue weighted by molar-refractivity contribution is 0.456. The van der Waals surface area contributed by atoms with Gasteiger partial charge in [-0.2, -0.15) is 0 Å². The molecule has 0 aromatic rings. The third-order valence-corrected chi connectivity index (χ3v) is 2.33. The monoisotopic (exact) mass is 192 g/mol. The zero-order chi connectivity index (χ0) is 9.61. The fourth-order valence-corrected chi connectivity index (χ4v) is 1.47. The molecule has 72 valence electrons. The minimum atomic E-state index is -3.18. The van der Waals surface area contributed by atoms with Crippen LogP contribution in [0.4, 0.5) is 0 Å². The number of hydrogen-bond donors (Lipinski definition) is 1. The Morgan fingerprint density at radius 3 is 2.42 bits per heavy atom. The first-order valence-electron chi connectivity index (χ1n) is 3.79. The molecule has 0 rings (SSSR count). The van der Waals surface area contributed by atoms with Gasteiger partial charge in [-0.25, -0.2) is 13.1 Å². The molecule has 0 radical (unpaired) electrons. The lowest BCUT2D eigenvalue weighted by atomic mass is 10.6. The molecule has 0 bridgehead atoms. The maximum absolute atomic E-state index is 11.0. The Bertz CT molecular complexity index is 232. The summed E-state index contributed by atoms with van der Waals surface area (Å²) in [7, 11) is 0.574. The molecule has 0 aromatic carbocycles. The largest absolute Gasteiger partial charge is 0.306 e. The van der Waals surface area contributed by atoms with E-state index < -0.39 is 10.0 Å². The normalized spacial score (nSPS) is 13.0. The Labute approximate surface area is 74.3 Å². The van der Waals surface area contributed by atoms with Crippen molar-refractivity contribution in [3.05, 3.63) is 11.5 Å². The van der Waals surface area contributed by atoms with E-state index in [1.807, 2.05) is 19.0 Å². The Balaban J connectivity index is 3.97. The van der Waals surface area contributed by atoms with E-state index in [2.05, 4.69) is 4.72 Å². The third kappa shape index (κ3) is 6.33. The molecule has 0 saturated carbocycles. The van der Waals surface area contributed by atoms with Gasteiger partial charge in [0.15, 0.2) is 0 Å². The van der Waals surface area contributed by atoms with Gasteiger partial charge >= 0.3 is 0 Å². The van der Waals surface area contributed by atoms with E-state index in [1.165, 1.54) is 5.41 Å². The van der Waals surface area contributed by atoms with Crippen molar-refractivity contribution in [2.45, 2.75) is 6.92 Å². The summed E-state index contributed by atoms with van der Waals surface area (Å²) in [6, 6.07) is 0. The number of hydrogen-bond acceptors (Lipinski definition) is 3. The van der Waals surface area contributed by atoms with E-state index in [9.17, 15) is 8.42 Å². The summed E-state index contributed by atoms with van der Waals surface area (Å²) in [5.41, 5.74) is 0. The second-order valence-electron chi connectivity index (χ2n) is 2.68. The van der Waals surface area contributed by atoms with E-state index in [0.717, 1.165) is 0 Å². The van der Waals surface area contributed by atoms with Crippen LogP contribution in [0.15, 0.2) is 11.5 Å². The molecular weight excluding hydrogens is 176 g/mol. The Morgan fingerprint density at radius 1 is 1.42 bits per heavy atom. The predicted octanol–water partition coefficient (Wildman–Crippen LogP) is 0.00100. The molecule has 12 heavy (non-hydrogen) atoms. The van der Waals surface area contributed by atoms with Gasteiger partial charge in [-0.3, -0.25) is 0 Å². The molecule has 0 aliphatic carbocycles. The highest BCUT2D eigenvalue weighted by atomic mass is 32.2. The van der Waals surface area contributed by atoms with Gasteiger partial charge in [-0.05, 0) is 14.1 Å². The molecule has 5 heteroatoms. The summed E-state index contributed by atoms with van der Waals surface area (Å²) >= 11 is 0. The second kappa shape index (κ2) is 5.29. The van der Waals surface area contributed by atoms with Crippen molar-refractivity contribution in [3.8, 4) is 0 Å². The molecule has 0 aliphatic rings. The van der Waals surface area contributed by atoms with Gasteiger partial charge in [0.25, 0.3) is 0 Å². The number of nitrogens with zero attached hydrogens (tertiary/aromatic N) is 1. The van der Waals surface area contributed by atoms with E-state index in [1.54, 1.807) is 13.0 Å². The molecule has 0 spiro atoms. The second-order valence-corrected chi connectivity index (χ2v) is 4.33. The van der Waals surface area contributed by atoms with Crippen LogP contribution >= 0.6 is 0 Å². The zero-order valence-corrected chi connectivity index (χ0v) is 8.56. The molecular formula is C7H16N2O2S. The summed E-state index contributed by atoms with van der Waals surface area (Å²) in [6.45, 7) is 2.80. The highest BCUT2D eigenvalue weighted by Crippen LogP contribution is 1.86. The van der Waals surface area contributed by atoms with Crippen LogP contribution in [0, 0.1) is 0 Å². The first-order valence-corrected chi connectivity index (χ1v) is 5.33. The number of sulfonamides is 1. The van der Waals surface area contributed by atoms with Crippen molar-refractivity contribution >= 4 is 10.0 Å². The van der Waals surface area contributed by atoms with Gasteiger partial charge in [0, 0.05) is 18.5 Å². The number of likely N-dealkylation sites (N-methyl/N-ethyl adjacent to an activating group) is 1. The maximum Gasteiger partial charge on any atom is 0.233 e. The molecule has 0 saturated heterocycles. The third-order valence-electron chi connectivity index (χ3n) is 1.09. The highest BCUT2D eigenvalue weighted by Gasteiger charge is 2.00. The van der Waals surface area contributed by atoms with Crippen LogP contribution in [0.3, 0.4) is 0 Å². The van der Waals surface area contributed by atoms with Crippen molar-refractivity contribution < 1.29 is 8.42 Å². The Hall–Kier alpha value is -0.390. The topological polar surface area (TPSA) is 49.4 Å². The lowest BCUT2D eigenvalue weighted by Crippen LogP contribution is -2.21. The fraction of sp³-hybridized carbons (Fsp3) is 0.714. The highest BCUT2D eigenvalue weighted by molar-refractivity contribution is 7.92. The number of rotatable bonds is 5. The summed E-state index contributed by atoms with van der Waals surface area (Å²) in [4.78, 5) is 1.89. The molecule has 4 nitrogen and oxygen atoms in total. The summed E-state index contributed by atoms with van der Waals surface area (Å²) in [5.74, 6) is 0. The van der Waals surface area contributed by atoms with Gasteiger partial charge in [-0.15, -0.1) is 0 Å². The van der Waals surface area contributed by atoms with Crippen LogP contribution in [-0.4, -0.2) is 40.5 Å². The van der Waals surface area contributed by atoms with Gasteiger partial charge in [-0.1, -0.05) is 13.0 Å². The average molecular weight is 192 g/mol. The quantitative estimate of drug-likeness (QED) is 0.667. The minimum Gasteiger partial charge on any atom is -0.306 e. The average Bonchev–Trinajstić information content (AvgIpc) is 1.85. The van der Waals surface area contributed by atoms with Crippen LogP contribution in [0.25, 0.3) is 0 Å². The maximum atomic E-state index is 11.0. The lowest BCUT2D eigenvalue weighted by Gasteiger charge is -2.03. The van der Waals surface area contributed by atoms with Crippen molar-refractivity contribution in [3.63, 3.8) is 0 Å². The van der Waals surface area contributed by atoms with E-state index in [0.29, 0.717) is 13.1 Å². The van der Waals surface area contributed by atoms with Crippen molar-refractivity contribution in [2.24, 2.45) is 0 Å².